The number of rotatable bonds is 6. The monoisotopic (exact) mass is 270 g/mol. The zero-order valence-electron chi connectivity index (χ0n) is 10.1. The number of ether oxygens (including phenoxy) is 1. The summed E-state index contributed by atoms with van der Waals surface area (Å²) in [4.78, 5) is 22.2. The highest BCUT2D eigenvalue weighted by molar-refractivity contribution is 6.30. The standard InChI is InChI=1S/C13H15ClO4/c1-2-18-13(17)8-10(7-12(15)16)9-3-5-11(14)6-4-9/h3-6,10H,2,7-8H2,1H3,(H,15,16)/t10-/m0/s1. The van der Waals surface area contributed by atoms with E-state index in [9.17, 15) is 9.59 Å². The Morgan fingerprint density at radius 2 is 1.89 bits per heavy atom. The molecule has 0 spiro atoms. The highest BCUT2D eigenvalue weighted by atomic mass is 35.5. The molecule has 4 nitrogen and oxygen atoms in total. The molecule has 5 heteroatoms. The summed E-state index contributed by atoms with van der Waals surface area (Å²) in [6, 6.07) is 6.82. The highest BCUT2D eigenvalue weighted by Gasteiger charge is 2.20. The number of benzene rings is 1. The highest BCUT2D eigenvalue weighted by Crippen LogP contribution is 2.25. The minimum absolute atomic E-state index is 0.0573. The summed E-state index contributed by atoms with van der Waals surface area (Å²) in [7, 11) is 0. The Kier molecular flexibility index (Phi) is 5.65. The van der Waals surface area contributed by atoms with E-state index in [0.717, 1.165) is 5.56 Å². The van der Waals surface area contributed by atoms with Crippen molar-refractivity contribution in [3.05, 3.63) is 34.9 Å². The summed E-state index contributed by atoms with van der Waals surface area (Å²) in [5.41, 5.74) is 0.773. The van der Waals surface area contributed by atoms with E-state index in [-0.39, 0.29) is 18.8 Å². The number of carbonyl (C=O) groups is 2. The molecule has 1 N–H and O–H groups in total. The summed E-state index contributed by atoms with van der Waals surface area (Å²) in [5.74, 6) is -1.73. The first-order valence-electron chi connectivity index (χ1n) is 5.65. The van der Waals surface area contributed by atoms with Crippen LogP contribution in [0.25, 0.3) is 0 Å². The quantitative estimate of drug-likeness (QED) is 0.808. The molecule has 98 valence electrons. The van der Waals surface area contributed by atoms with Gasteiger partial charge < -0.3 is 9.84 Å². The summed E-state index contributed by atoms with van der Waals surface area (Å²) in [6.45, 7) is 2.01. The fourth-order valence-electron chi connectivity index (χ4n) is 1.67. The molecule has 0 aliphatic rings. The lowest BCUT2D eigenvalue weighted by molar-refractivity contribution is -0.144. The van der Waals surface area contributed by atoms with Crippen molar-refractivity contribution >= 4 is 23.5 Å². The second kappa shape index (κ2) is 7.01. The molecule has 0 aliphatic carbocycles. The summed E-state index contributed by atoms with van der Waals surface area (Å²) < 4.78 is 4.84. The van der Waals surface area contributed by atoms with Gasteiger partial charge in [-0.25, -0.2) is 0 Å². The first kappa shape index (κ1) is 14.5. The average molecular weight is 271 g/mol. The number of aliphatic carboxylic acids is 1. The van der Waals surface area contributed by atoms with Crippen LogP contribution in [0.15, 0.2) is 24.3 Å². The molecular formula is C13H15ClO4. The van der Waals surface area contributed by atoms with E-state index in [1.54, 1.807) is 31.2 Å². The Bertz CT molecular complexity index is 414. The topological polar surface area (TPSA) is 63.6 Å². The Hall–Kier alpha value is -1.55. The molecule has 1 aromatic carbocycles. The van der Waals surface area contributed by atoms with Gasteiger partial charge in [-0.2, -0.15) is 0 Å². The van der Waals surface area contributed by atoms with Gasteiger partial charge in [-0.3, -0.25) is 9.59 Å². The second-order valence-electron chi connectivity index (χ2n) is 3.86. The average Bonchev–Trinajstić information content (AvgIpc) is 2.28. The Labute approximate surface area is 111 Å². The molecule has 0 radical (unpaired) electrons. The first-order valence-corrected chi connectivity index (χ1v) is 6.03. The number of esters is 1. The molecule has 0 heterocycles. The lowest BCUT2D eigenvalue weighted by atomic mass is 9.92. The molecule has 0 aromatic heterocycles. The predicted octanol–water partition coefficient (Wildman–Crippen LogP) is 2.85. The van der Waals surface area contributed by atoms with Crippen LogP contribution in [0.2, 0.25) is 5.02 Å². The largest absolute Gasteiger partial charge is 0.481 e. The third-order valence-corrected chi connectivity index (χ3v) is 2.73. The van der Waals surface area contributed by atoms with Crippen molar-refractivity contribution in [1.29, 1.82) is 0 Å². The molecule has 0 unspecified atom stereocenters. The third-order valence-electron chi connectivity index (χ3n) is 2.48. The van der Waals surface area contributed by atoms with E-state index in [1.807, 2.05) is 0 Å². The van der Waals surface area contributed by atoms with Crippen LogP contribution >= 0.6 is 11.6 Å². The van der Waals surface area contributed by atoms with Crippen molar-refractivity contribution in [2.24, 2.45) is 0 Å². The Morgan fingerprint density at radius 3 is 2.39 bits per heavy atom. The van der Waals surface area contributed by atoms with Crippen LogP contribution < -0.4 is 0 Å². The minimum Gasteiger partial charge on any atom is -0.481 e. The van der Waals surface area contributed by atoms with Crippen LogP contribution in [0.3, 0.4) is 0 Å². The van der Waals surface area contributed by atoms with Crippen molar-refractivity contribution in [3.63, 3.8) is 0 Å². The van der Waals surface area contributed by atoms with Gasteiger partial charge in [-0.05, 0) is 24.6 Å². The predicted molar refractivity (Wildman–Crippen MR) is 67.7 cm³/mol. The fourth-order valence-corrected chi connectivity index (χ4v) is 1.80. The SMILES string of the molecule is CCOC(=O)C[C@H](CC(=O)O)c1ccc(Cl)cc1. The summed E-state index contributed by atoms with van der Waals surface area (Å²) in [6.07, 6.45) is -0.0534. The van der Waals surface area contributed by atoms with E-state index in [1.165, 1.54) is 0 Å². The van der Waals surface area contributed by atoms with Gasteiger partial charge in [0.15, 0.2) is 0 Å². The summed E-state index contributed by atoms with van der Waals surface area (Å²) in [5, 5.41) is 9.44. The van der Waals surface area contributed by atoms with Gasteiger partial charge >= 0.3 is 11.9 Å². The van der Waals surface area contributed by atoms with Crippen molar-refractivity contribution in [2.45, 2.75) is 25.7 Å². The number of hydrogen-bond donors (Lipinski definition) is 1. The molecule has 0 amide bonds. The molecule has 0 aliphatic heterocycles. The maximum atomic E-state index is 11.4. The van der Waals surface area contributed by atoms with Gasteiger partial charge in [-0.15, -0.1) is 0 Å². The molecule has 0 saturated carbocycles. The van der Waals surface area contributed by atoms with Gasteiger partial charge in [0.2, 0.25) is 0 Å². The van der Waals surface area contributed by atoms with Crippen LogP contribution in [0, 0.1) is 0 Å². The van der Waals surface area contributed by atoms with Crippen LogP contribution in [0.5, 0.6) is 0 Å². The maximum absolute atomic E-state index is 11.4. The van der Waals surface area contributed by atoms with E-state index in [2.05, 4.69) is 0 Å². The van der Waals surface area contributed by atoms with Crippen molar-refractivity contribution in [2.75, 3.05) is 6.61 Å². The zero-order valence-corrected chi connectivity index (χ0v) is 10.8. The van der Waals surface area contributed by atoms with Crippen molar-refractivity contribution in [1.82, 2.24) is 0 Å². The Morgan fingerprint density at radius 1 is 1.28 bits per heavy atom. The third kappa shape index (κ3) is 4.75. The number of hydrogen-bond acceptors (Lipinski definition) is 3. The van der Waals surface area contributed by atoms with Crippen LogP contribution in [-0.2, 0) is 14.3 Å². The van der Waals surface area contributed by atoms with Crippen LogP contribution in [-0.4, -0.2) is 23.7 Å². The molecule has 1 rings (SSSR count). The number of halogens is 1. The molecule has 0 bridgehead atoms. The van der Waals surface area contributed by atoms with E-state index in [0.29, 0.717) is 11.6 Å². The van der Waals surface area contributed by atoms with E-state index in [4.69, 9.17) is 21.4 Å². The summed E-state index contributed by atoms with van der Waals surface area (Å²) >= 11 is 5.77. The lowest BCUT2D eigenvalue weighted by Crippen LogP contribution is -2.13. The number of carboxylic acid groups (broad SMARTS) is 1. The normalized spacial score (nSPS) is 11.9. The van der Waals surface area contributed by atoms with Crippen LogP contribution in [0.1, 0.15) is 31.2 Å². The number of carboxylic acids is 1. The van der Waals surface area contributed by atoms with Gasteiger partial charge in [0.1, 0.15) is 0 Å². The first-order chi connectivity index (χ1) is 8.52. The maximum Gasteiger partial charge on any atom is 0.306 e. The molecule has 1 atom stereocenters. The lowest BCUT2D eigenvalue weighted by Gasteiger charge is -2.14. The molecule has 18 heavy (non-hydrogen) atoms. The van der Waals surface area contributed by atoms with Gasteiger partial charge in [0.25, 0.3) is 0 Å². The smallest absolute Gasteiger partial charge is 0.306 e. The zero-order chi connectivity index (χ0) is 13.5. The molecule has 0 saturated heterocycles. The molecule has 0 fully saturated rings. The van der Waals surface area contributed by atoms with Crippen molar-refractivity contribution in [3.8, 4) is 0 Å². The minimum atomic E-state index is -0.945. The van der Waals surface area contributed by atoms with Gasteiger partial charge in [-0.1, -0.05) is 23.7 Å². The van der Waals surface area contributed by atoms with Crippen molar-refractivity contribution < 1.29 is 19.4 Å². The van der Waals surface area contributed by atoms with E-state index < -0.39 is 11.9 Å². The molecule has 1 aromatic rings. The van der Waals surface area contributed by atoms with Crippen LogP contribution in [0.4, 0.5) is 0 Å². The van der Waals surface area contributed by atoms with Gasteiger partial charge in [0.05, 0.1) is 19.4 Å². The second-order valence-corrected chi connectivity index (χ2v) is 4.29. The number of carbonyl (C=O) groups excluding carboxylic acids is 1. The fraction of sp³-hybridized carbons (Fsp3) is 0.385. The van der Waals surface area contributed by atoms with E-state index >= 15 is 0 Å². The van der Waals surface area contributed by atoms with Gasteiger partial charge in [0, 0.05) is 10.9 Å². The molecular weight excluding hydrogens is 256 g/mol. The Balaban J connectivity index is 2.80.